The highest BCUT2D eigenvalue weighted by molar-refractivity contribution is 5.89. The van der Waals surface area contributed by atoms with Gasteiger partial charge in [-0.3, -0.25) is 9.59 Å². The second kappa shape index (κ2) is 18.7. The largest absolute Gasteiger partial charge is 0.393 e. The standard InChI is InChI=1S/C45H69N4O6/c1-55-41-21-33-7-11-42(53)45(15-12-28(20-43(45)54)2-3-29-18-34-6-10-37(51)23-39(34)48-26-29)16-13-31(38(33)24-40(41)52)4-8-36(50)9-5-32-22-44(46)49-27-35(32)19-30-14-17-47-25-30/h14,17,25,28-29,31-36,38-41,43-44,48-50,52,54H,2-12,15,18-24,26-27,46H2,1H3/q+1/t28-,29+,31-,32?,33?,34-,35?,36-,38?,39+,40?,41?,43+,44?,45+/m0/s1. The van der Waals surface area contributed by atoms with Crippen LogP contribution >= 0.6 is 0 Å². The summed E-state index contributed by atoms with van der Waals surface area (Å²) < 4.78 is 5.71. The third kappa shape index (κ3) is 9.96. The van der Waals surface area contributed by atoms with Crippen molar-refractivity contribution < 1.29 is 29.6 Å². The summed E-state index contributed by atoms with van der Waals surface area (Å²) in [5.74, 6) is 10.2. The SMILES string of the molecule is COC1CC2CCC(=O)[C@]3(C#C[C@H](CC[C@H](O)CCC4CC(N)NCC4CC4=C[CH+]N=C4)C2CC1O)CC[C@H](CC[C@H]1CN[C@@H]2CC(=O)CC[C@H]2C1)C[C@H]3O. The van der Waals surface area contributed by atoms with Crippen LogP contribution in [0.15, 0.2) is 16.6 Å². The number of nitrogens with two attached hydrogens (primary N) is 1. The number of aliphatic imine (C=N–C) groups is 1. The van der Waals surface area contributed by atoms with E-state index in [-0.39, 0.29) is 35.8 Å². The van der Waals surface area contributed by atoms with Crippen LogP contribution in [0.5, 0.6) is 0 Å². The third-order valence-corrected chi connectivity index (χ3v) is 15.5. The Morgan fingerprint density at radius 3 is 2.58 bits per heavy atom. The van der Waals surface area contributed by atoms with Gasteiger partial charge in [0, 0.05) is 51.3 Å². The van der Waals surface area contributed by atoms with Crippen LogP contribution in [0.3, 0.4) is 0 Å². The Kier molecular flexibility index (Phi) is 13.9. The van der Waals surface area contributed by atoms with Crippen molar-refractivity contribution in [1.82, 2.24) is 10.6 Å². The first-order valence-corrected chi connectivity index (χ1v) is 22.0. The van der Waals surface area contributed by atoms with Gasteiger partial charge in [-0.2, -0.15) is 0 Å². The highest BCUT2D eigenvalue weighted by Gasteiger charge is 2.49. The molecule has 2 saturated heterocycles. The number of piperidine rings is 2. The Bertz CT molecular complexity index is 1460. The van der Waals surface area contributed by atoms with E-state index in [0.29, 0.717) is 106 Å². The van der Waals surface area contributed by atoms with Crippen molar-refractivity contribution in [3.05, 3.63) is 18.2 Å². The molecule has 0 aromatic carbocycles. The van der Waals surface area contributed by atoms with Crippen molar-refractivity contribution in [2.75, 3.05) is 20.2 Å². The van der Waals surface area contributed by atoms with E-state index in [4.69, 9.17) is 10.5 Å². The molecule has 4 aliphatic carbocycles. The van der Waals surface area contributed by atoms with Crippen LogP contribution < -0.4 is 16.4 Å². The smallest absolute Gasteiger partial charge is 0.176 e. The Morgan fingerprint density at radius 1 is 0.964 bits per heavy atom. The number of Topliss-reactive ketones (excluding diaryl/α,β-unsaturated/α-hetero) is 2. The Hall–Kier alpha value is -2.10. The number of aliphatic hydroxyl groups is 3. The van der Waals surface area contributed by atoms with Gasteiger partial charge in [0.1, 0.15) is 23.3 Å². The minimum Gasteiger partial charge on any atom is -0.393 e. The van der Waals surface area contributed by atoms with E-state index >= 15 is 0 Å². The molecule has 15 atom stereocenters. The molecule has 10 nitrogen and oxygen atoms in total. The van der Waals surface area contributed by atoms with Gasteiger partial charge in [0.2, 0.25) is 0 Å². The molecule has 7 aliphatic rings. The van der Waals surface area contributed by atoms with Gasteiger partial charge in [0.05, 0.1) is 36.7 Å². The second-order valence-electron chi connectivity index (χ2n) is 18.9. The van der Waals surface area contributed by atoms with Crippen LogP contribution in [-0.4, -0.2) is 89.9 Å². The van der Waals surface area contributed by atoms with Crippen molar-refractivity contribution in [2.24, 2.45) is 63.5 Å². The molecule has 0 bridgehead atoms. The number of methoxy groups -OCH3 is 1. The second-order valence-corrected chi connectivity index (χ2v) is 18.9. The lowest BCUT2D eigenvalue weighted by atomic mass is 9.64. The van der Waals surface area contributed by atoms with Crippen LogP contribution in [0.4, 0.5) is 0 Å². The zero-order chi connectivity index (χ0) is 38.5. The zero-order valence-electron chi connectivity index (χ0n) is 33.3. The predicted molar refractivity (Wildman–Crippen MR) is 213 cm³/mol. The predicted octanol–water partition coefficient (Wildman–Crippen LogP) is 4.64. The summed E-state index contributed by atoms with van der Waals surface area (Å²) in [6.45, 7) is 3.68. The molecule has 0 aromatic heterocycles. The summed E-state index contributed by atoms with van der Waals surface area (Å²) in [4.78, 5) is 30.4. The highest BCUT2D eigenvalue weighted by Crippen LogP contribution is 2.47. The molecular weight excluding hydrogens is 693 g/mol. The Labute approximate surface area is 329 Å². The van der Waals surface area contributed by atoms with E-state index in [0.717, 1.165) is 64.5 Å². The van der Waals surface area contributed by atoms with E-state index in [1.54, 1.807) is 7.11 Å². The lowest BCUT2D eigenvalue weighted by molar-refractivity contribution is -0.135. The van der Waals surface area contributed by atoms with Gasteiger partial charge in [-0.25, -0.2) is 0 Å². The maximum atomic E-state index is 14.2. The molecule has 0 aromatic rings. The number of ketones is 2. The third-order valence-electron chi connectivity index (χ3n) is 15.5. The summed E-state index contributed by atoms with van der Waals surface area (Å²) >= 11 is 0. The molecule has 55 heavy (non-hydrogen) atoms. The number of ether oxygens (including phenoxy) is 1. The van der Waals surface area contributed by atoms with Gasteiger partial charge in [-0.1, -0.05) is 18.3 Å². The van der Waals surface area contributed by atoms with Crippen molar-refractivity contribution >= 4 is 17.8 Å². The first-order valence-electron chi connectivity index (χ1n) is 22.0. The van der Waals surface area contributed by atoms with Gasteiger partial charge < -0.3 is 36.4 Å². The molecule has 0 amide bonds. The number of carbonyl (C=O) groups excluding carboxylic acids is 2. The van der Waals surface area contributed by atoms with E-state index in [1.165, 1.54) is 12.0 Å². The monoisotopic (exact) mass is 762 g/mol. The lowest BCUT2D eigenvalue weighted by Crippen LogP contribution is -2.49. The molecule has 7 rings (SSSR count). The molecule has 5 fully saturated rings. The summed E-state index contributed by atoms with van der Waals surface area (Å²) in [6, 6.07) is 0.354. The number of nitrogens with zero attached hydrogens (tertiary/aromatic N) is 1. The van der Waals surface area contributed by atoms with E-state index in [2.05, 4.69) is 33.5 Å². The van der Waals surface area contributed by atoms with Crippen LogP contribution in [0, 0.1) is 71.1 Å². The number of hydrogen-bond donors (Lipinski definition) is 6. The molecule has 0 radical (unpaired) electrons. The van der Waals surface area contributed by atoms with Gasteiger partial charge >= 0.3 is 0 Å². The van der Waals surface area contributed by atoms with Crippen molar-refractivity contribution in [3.63, 3.8) is 0 Å². The fourth-order valence-corrected chi connectivity index (χ4v) is 12.0. The molecule has 10 heteroatoms. The lowest BCUT2D eigenvalue weighted by Gasteiger charge is -2.42. The molecule has 7 unspecified atom stereocenters. The van der Waals surface area contributed by atoms with Gasteiger partial charge in [-0.15, -0.1) is 4.99 Å². The number of allylic oxidation sites excluding steroid dienone is 1. The number of fused-ring (bicyclic) bond motifs is 2. The van der Waals surface area contributed by atoms with Crippen molar-refractivity contribution in [2.45, 2.75) is 159 Å². The van der Waals surface area contributed by atoms with Gasteiger partial charge in [-0.05, 0) is 138 Å². The van der Waals surface area contributed by atoms with Crippen LogP contribution in [-0.2, 0) is 14.3 Å². The number of aliphatic hydroxyl groups excluding tert-OH is 3. The number of rotatable bonds is 12. The summed E-state index contributed by atoms with van der Waals surface area (Å²) in [7, 11) is 1.65. The first-order chi connectivity index (χ1) is 26.6. The maximum Gasteiger partial charge on any atom is 0.176 e. The average Bonchev–Trinajstić information content (AvgIpc) is 3.71. The van der Waals surface area contributed by atoms with Crippen LogP contribution in [0.25, 0.3) is 0 Å². The van der Waals surface area contributed by atoms with Crippen molar-refractivity contribution in [3.8, 4) is 11.8 Å². The fourth-order valence-electron chi connectivity index (χ4n) is 12.0. The van der Waals surface area contributed by atoms with Gasteiger partial charge in [0.25, 0.3) is 0 Å². The minimum atomic E-state index is -1.05. The number of nitrogens with one attached hydrogen (secondary N) is 2. The molecular formula is C45H69N4O6+. The highest BCUT2D eigenvalue weighted by atomic mass is 16.5. The molecule has 7 N–H and O–H groups in total. The van der Waals surface area contributed by atoms with Crippen LogP contribution in [0.2, 0.25) is 0 Å². The molecule has 3 heterocycles. The normalized spacial score (nSPS) is 42.5. The Morgan fingerprint density at radius 2 is 1.78 bits per heavy atom. The zero-order valence-corrected chi connectivity index (χ0v) is 33.3. The fraction of sp³-hybridized carbons (Fsp3) is 0.822. The van der Waals surface area contributed by atoms with E-state index in [1.807, 2.05) is 12.8 Å². The minimum absolute atomic E-state index is 0.0241. The number of carbonyl (C=O) groups is 2. The summed E-state index contributed by atoms with van der Waals surface area (Å²) in [5.41, 5.74) is 6.53. The maximum absolute atomic E-state index is 14.2. The Balaban J connectivity index is 0.986. The molecule has 3 aliphatic heterocycles. The topological polar surface area (TPSA) is 166 Å². The molecule has 1 spiro atoms. The van der Waals surface area contributed by atoms with Crippen LogP contribution in [0.1, 0.15) is 122 Å². The van der Waals surface area contributed by atoms with E-state index in [9.17, 15) is 24.9 Å². The summed E-state index contributed by atoms with van der Waals surface area (Å²) in [6.07, 6.45) is 16.9. The first kappa shape index (κ1) is 41.1. The van der Waals surface area contributed by atoms with Gasteiger partial charge in [0.15, 0.2) is 12.0 Å². The van der Waals surface area contributed by atoms with E-state index < -0.39 is 23.7 Å². The van der Waals surface area contributed by atoms with Crippen molar-refractivity contribution in [1.29, 1.82) is 0 Å². The quantitative estimate of drug-likeness (QED) is 0.123. The summed E-state index contributed by atoms with van der Waals surface area (Å²) in [5, 5.41) is 41.5. The number of hydrogen-bond acceptors (Lipinski definition) is 10. The molecule has 304 valence electrons. The molecule has 3 saturated carbocycles. The average molecular weight is 762 g/mol.